The molecule has 0 saturated carbocycles. The minimum atomic E-state index is -3.98. The molecule has 0 aliphatic heterocycles. The van der Waals surface area contributed by atoms with Crippen molar-refractivity contribution in [3.8, 4) is 0 Å². The van der Waals surface area contributed by atoms with Crippen molar-refractivity contribution in [2.75, 3.05) is 6.61 Å². The van der Waals surface area contributed by atoms with Crippen molar-refractivity contribution >= 4 is 60.7 Å². The molecule has 142 valence electrons. The molecule has 3 rings (SSSR count). The molecular weight excluding hydrogens is 431 g/mol. The van der Waals surface area contributed by atoms with Gasteiger partial charge in [-0.25, -0.2) is 0 Å². The molecule has 2 aromatic carbocycles. The van der Waals surface area contributed by atoms with E-state index in [1.54, 1.807) is 37.3 Å². The predicted octanol–water partition coefficient (Wildman–Crippen LogP) is 3.86. The largest absolute Gasteiger partial charge is 0.465 e. The fourth-order valence-electron chi connectivity index (χ4n) is 2.41. The van der Waals surface area contributed by atoms with Crippen LogP contribution in [0.25, 0.3) is 10.2 Å². The van der Waals surface area contributed by atoms with Crippen molar-refractivity contribution in [3.05, 3.63) is 57.3 Å². The minimum Gasteiger partial charge on any atom is -0.465 e. The third-order valence-electron chi connectivity index (χ3n) is 3.56. The second-order valence-electron chi connectivity index (χ2n) is 5.36. The van der Waals surface area contributed by atoms with Crippen LogP contribution in [-0.2, 0) is 26.1 Å². The standard InChI is InChI=1S/C17H14Cl2N2O4S2/c1-2-25-14(22)10-21-15-12(18)8-9-13(19)16(15)26-17(21)20-27(23,24)11-6-4-3-5-7-11/h3-9H,2,10H2,1H3. The molecule has 0 fully saturated rings. The maximum absolute atomic E-state index is 12.7. The Morgan fingerprint density at radius 3 is 2.48 bits per heavy atom. The number of benzene rings is 2. The Bertz CT molecular complexity index is 1170. The van der Waals surface area contributed by atoms with Crippen molar-refractivity contribution in [3.63, 3.8) is 0 Å². The van der Waals surface area contributed by atoms with E-state index < -0.39 is 16.0 Å². The molecule has 0 amide bonds. The first-order chi connectivity index (χ1) is 12.8. The molecule has 0 bridgehead atoms. The van der Waals surface area contributed by atoms with Crippen molar-refractivity contribution in [2.45, 2.75) is 18.4 Å². The molecule has 0 saturated heterocycles. The van der Waals surface area contributed by atoms with Crippen molar-refractivity contribution in [1.29, 1.82) is 0 Å². The Morgan fingerprint density at radius 1 is 1.15 bits per heavy atom. The van der Waals surface area contributed by atoms with Crippen LogP contribution in [-0.4, -0.2) is 25.6 Å². The number of thiazole rings is 1. The summed E-state index contributed by atoms with van der Waals surface area (Å²) < 4.78 is 36.2. The molecule has 1 aromatic heterocycles. The molecule has 0 N–H and O–H groups in total. The SMILES string of the molecule is CCOC(=O)Cn1c(=NS(=O)(=O)c2ccccc2)sc2c(Cl)ccc(Cl)c21. The van der Waals surface area contributed by atoms with Crippen LogP contribution in [0, 0.1) is 0 Å². The Kier molecular flexibility index (Phi) is 5.90. The summed E-state index contributed by atoms with van der Waals surface area (Å²) in [6.45, 7) is 1.64. The van der Waals surface area contributed by atoms with Crippen LogP contribution in [0.4, 0.5) is 0 Å². The normalized spacial score (nSPS) is 12.5. The zero-order valence-electron chi connectivity index (χ0n) is 14.1. The fraction of sp³-hybridized carbons (Fsp3) is 0.176. The molecule has 0 atom stereocenters. The Balaban J connectivity index is 2.27. The summed E-state index contributed by atoms with van der Waals surface area (Å²) in [7, 11) is -3.98. The summed E-state index contributed by atoms with van der Waals surface area (Å²) in [6, 6.07) is 11.0. The quantitative estimate of drug-likeness (QED) is 0.559. The van der Waals surface area contributed by atoms with E-state index in [0.29, 0.717) is 20.3 Å². The number of sulfonamides is 1. The Hall–Kier alpha value is -1.87. The highest BCUT2D eigenvalue weighted by molar-refractivity contribution is 7.90. The molecule has 0 aliphatic carbocycles. The van der Waals surface area contributed by atoms with Crippen molar-refractivity contribution < 1.29 is 17.9 Å². The van der Waals surface area contributed by atoms with E-state index in [1.807, 2.05) is 0 Å². The highest BCUT2D eigenvalue weighted by Gasteiger charge is 2.19. The summed E-state index contributed by atoms with van der Waals surface area (Å²) in [5, 5.41) is 0.712. The Morgan fingerprint density at radius 2 is 1.81 bits per heavy atom. The van der Waals surface area contributed by atoms with Gasteiger partial charge in [0.1, 0.15) is 6.54 Å². The summed E-state index contributed by atoms with van der Waals surface area (Å²) in [5.41, 5.74) is 0.434. The molecule has 0 unspecified atom stereocenters. The number of hydrogen-bond donors (Lipinski definition) is 0. The van der Waals surface area contributed by atoms with Gasteiger partial charge in [-0.05, 0) is 31.2 Å². The molecule has 27 heavy (non-hydrogen) atoms. The smallest absolute Gasteiger partial charge is 0.326 e. The van der Waals surface area contributed by atoms with E-state index in [9.17, 15) is 13.2 Å². The van der Waals surface area contributed by atoms with Gasteiger partial charge in [-0.2, -0.15) is 8.42 Å². The summed E-state index contributed by atoms with van der Waals surface area (Å²) in [6.07, 6.45) is 0. The van der Waals surface area contributed by atoms with E-state index in [-0.39, 0.29) is 22.8 Å². The molecule has 0 spiro atoms. The lowest BCUT2D eigenvalue weighted by Gasteiger charge is -2.06. The second kappa shape index (κ2) is 8.02. The maximum atomic E-state index is 12.7. The molecule has 1 heterocycles. The fourth-order valence-corrected chi connectivity index (χ4v) is 5.28. The number of esters is 1. The molecule has 10 heteroatoms. The lowest BCUT2D eigenvalue weighted by molar-refractivity contribution is -0.143. The van der Waals surface area contributed by atoms with Gasteiger partial charge in [-0.1, -0.05) is 52.7 Å². The van der Waals surface area contributed by atoms with Gasteiger partial charge in [0.2, 0.25) is 4.80 Å². The first-order valence-corrected chi connectivity index (χ1v) is 10.8. The van der Waals surface area contributed by atoms with E-state index >= 15 is 0 Å². The second-order valence-corrected chi connectivity index (χ2v) is 8.76. The first kappa shape index (κ1) is 19.9. The molecule has 3 aromatic rings. The zero-order chi connectivity index (χ0) is 19.6. The van der Waals surface area contributed by atoms with Crippen LogP contribution >= 0.6 is 34.5 Å². The van der Waals surface area contributed by atoms with Crippen molar-refractivity contribution in [2.24, 2.45) is 4.40 Å². The number of rotatable bonds is 5. The number of ether oxygens (including phenoxy) is 1. The van der Waals surface area contributed by atoms with Crippen LogP contribution in [0.2, 0.25) is 10.0 Å². The van der Waals surface area contributed by atoms with Gasteiger partial charge >= 0.3 is 5.97 Å². The molecule has 0 aliphatic rings. The van der Waals surface area contributed by atoms with E-state index in [0.717, 1.165) is 11.3 Å². The number of aromatic nitrogens is 1. The lowest BCUT2D eigenvalue weighted by Crippen LogP contribution is -2.23. The van der Waals surface area contributed by atoms with Gasteiger partial charge in [0.15, 0.2) is 0 Å². The highest BCUT2D eigenvalue weighted by atomic mass is 35.5. The zero-order valence-corrected chi connectivity index (χ0v) is 17.2. The van der Waals surface area contributed by atoms with Gasteiger partial charge in [0, 0.05) is 0 Å². The third-order valence-corrected chi connectivity index (χ3v) is 6.80. The van der Waals surface area contributed by atoms with E-state index in [4.69, 9.17) is 27.9 Å². The van der Waals surface area contributed by atoms with Crippen LogP contribution in [0.1, 0.15) is 6.92 Å². The number of carbonyl (C=O) groups excluding carboxylic acids is 1. The molecule has 0 radical (unpaired) electrons. The average molecular weight is 445 g/mol. The number of hydrogen-bond acceptors (Lipinski definition) is 5. The summed E-state index contributed by atoms with van der Waals surface area (Å²) in [4.78, 5) is 12.2. The minimum absolute atomic E-state index is 0.0438. The first-order valence-electron chi connectivity index (χ1n) is 7.82. The number of halogens is 2. The molecular formula is C17H14Cl2N2O4S2. The monoisotopic (exact) mass is 444 g/mol. The van der Waals surface area contributed by atoms with Gasteiger partial charge in [0.25, 0.3) is 10.0 Å². The van der Waals surface area contributed by atoms with Crippen LogP contribution in [0.15, 0.2) is 51.8 Å². The number of carbonyl (C=O) groups is 1. The van der Waals surface area contributed by atoms with E-state index in [2.05, 4.69) is 4.40 Å². The van der Waals surface area contributed by atoms with Crippen LogP contribution < -0.4 is 4.80 Å². The van der Waals surface area contributed by atoms with Gasteiger partial charge in [0.05, 0.1) is 31.8 Å². The molecule has 6 nitrogen and oxygen atoms in total. The highest BCUT2D eigenvalue weighted by Crippen LogP contribution is 2.32. The van der Waals surface area contributed by atoms with Gasteiger partial charge < -0.3 is 9.30 Å². The summed E-state index contributed by atoms with van der Waals surface area (Å²) >= 11 is 13.6. The van der Waals surface area contributed by atoms with E-state index in [1.165, 1.54) is 16.7 Å². The predicted molar refractivity (Wildman–Crippen MR) is 106 cm³/mol. The van der Waals surface area contributed by atoms with Gasteiger partial charge in [-0.3, -0.25) is 4.79 Å². The summed E-state index contributed by atoms with van der Waals surface area (Å²) in [5.74, 6) is -0.535. The number of nitrogens with zero attached hydrogens (tertiary/aromatic N) is 2. The lowest BCUT2D eigenvalue weighted by atomic mass is 10.3. The topological polar surface area (TPSA) is 77.7 Å². The maximum Gasteiger partial charge on any atom is 0.326 e. The van der Waals surface area contributed by atoms with Crippen LogP contribution in [0.5, 0.6) is 0 Å². The average Bonchev–Trinajstić information content (AvgIpc) is 2.98. The van der Waals surface area contributed by atoms with Crippen LogP contribution in [0.3, 0.4) is 0 Å². The number of fused-ring (bicyclic) bond motifs is 1. The third kappa shape index (κ3) is 4.19. The Labute approximate surface area is 169 Å². The van der Waals surface area contributed by atoms with Crippen molar-refractivity contribution in [1.82, 2.24) is 4.57 Å². The van der Waals surface area contributed by atoms with Gasteiger partial charge in [-0.15, -0.1) is 4.40 Å².